The highest BCUT2D eigenvalue weighted by atomic mass is 19.1. The molecule has 1 rings (SSSR count). The van der Waals surface area contributed by atoms with Gasteiger partial charge in [0.25, 0.3) is 0 Å². The minimum Gasteiger partial charge on any atom is -0.341 e. The predicted molar refractivity (Wildman–Crippen MR) is 56.5 cm³/mol. The highest BCUT2D eigenvalue weighted by Crippen LogP contribution is 2.12. The van der Waals surface area contributed by atoms with Gasteiger partial charge in [0.2, 0.25) is 5.91 Å². The zero-order valence-electron chi connectivity index (χ0n) is 9.04. The number of hydrogen-bond acceptors (Lipinski definition) is 2. The van der Waals surface area contributed by atoms with Crippen molar-refractivity contribution in [1.29, 1.82) is 0 Å². The fraction of sp³-hybridized carbons (Fsp3) is 0.364. The maximum Gasteiger partial charge on any atom is 0.223 e. The van der Waals surface area contributed by atoms with Gasteiger partial charge in [-0.25, -0.2) is 8.78 Å². The van der Waals surface area contributed by atoms with E-state index in [0.717, 1.165) is 18.2 Å². The van der Waals surface area contributed by atoms with Gasteiger partial charge in [0.1, 0.15) is 11.6 Å². The lowest BCUT2D eigenvalue weighted by Crippen LogP contribution is -2.28. The van der Waals surface area contributed by atoms with Gasteiger partial charge in [0.15, 0.2) is 0 Å². The third kappa shape index (κ3) is 3.27. The third-order valence-electron chi connectivity index (χ3n) is 2.20. The van der Waals surface area contributed by atoms with Crippen LogP contribution in [-0.2, 0) is 11.3 Å². The Balaban J connectivity index is 2.72. The Kier molecular flexibility index (Phi) is 4.37. The van der Waals surface area contributed by atoms with E-state index >= 15 is 0 Å². The summed E-state index contributed by atoms with van der Waals surface area (Å²) >= 11 is 0. The average Bonchev–Trinajstić information content (AvgIpc) is 2.23. The molecule has 0 aliphatic carbocycles. The van der Waals surface area contributed by atoms with Crippen LogP contribution in [0.3, 0.4) is 0 Å². The average molecular weight is 228 g/mol. The van der Waals surface area contributed by atoms with Gasteiger partial charge in [-0.05, 0) is 18.2 Å². The lowest BCUT2D eigenvalue weighted by atomic mass is 10.2. The number of amides is 1. The maximum atomic E-state index is 13.2. The van der Waals surface area contributed by atoms with Crippen LogP contribution in [0, 0.1) is 11.6 Å². The van der Waals surface area contributed by atoms with Crippen LogP contribution in [-0.4, -0.2) is 24.4 Å². The Morgan fingerprint density at radius 3 is 2.75 bits per heavy atom. The van der Waals surface area contributed by atoms with E-state index in [1.54, 1.807) is 0 Å². The Labute approximate surface area is 92.8 Å². The van der Waals surface area contributed by atoms with Crippen molar-refractivity contribution < 1.29 is 13.6 Å². The molecule has 0 radical (unpaired) electrons. The van der Waals surface area contributed by atoms with Gasteiger partial charge in [-0.2, -0.15) is 0 Å². The van der Waals surface area contributed by atoms with E-state index < -0.39 is 11.6 Å². The largest absolute Gasteiger partial charge is 0.341 e. The molecule has 1 aromatic rings. The number of nitrogens with zero attached hydrogens (tertiary/aromatic N) is 1. The van der Waals surface area contributed by atoms with Crippen molar-refractivity contribution in [3.05, 3.63) is 35.4 Å². The van der Waals surface area contributed by atoms with Crippen molar-refractivity contribution in [1.82, 2.24) is 4.90 Å². The molecule has 1 amide bonds. The zero-order chi connectivity index (χ0) is 12.1. The van der Waals surface area contributed by atoms with Crippen LogP contribution < -0.4 is 5.73 Å². The van der Waals surface area contributed by atoms with Crippen LogP contribution in [0.15, 0.2) is 18.2 Å². The van der Waals surface area contributed by atoms with Crippen molar-refractivity contribution >= 4 is 5.91 Å². The Morgan fingerprint density at radius 2 is 2.12 bits per heavy atom. The second-order valence-corrected chi connectivity index (χ2v) is 3.52. The molecule has 0 unspecified atom stereocenters. The summed E-state index contributed by atoms with van der Waals surface area (Å²) in [4.78, 5) is 12.7. The van der Waals surface area contributed by atoms with Crippen LogP contribution in [0.2, 0.25) is 0 Å². The topological polar surface area (TPSA) is 46.3 Å². The van der Waals surface area contributed by atoms with Gasteiger partial charge < -0.3 is 10.6 Å². The lowest BCUT2D eigenvalue weighted by Gasteiger charge is -2.17. The fourth-order valence-electron chi connectivity index (χ4n) is 1.32. The standard InChI is InChI=1S/C11H14F2N2O/c1-15(11(16)4-5-14)7-8-6-9(12)2-3-10(8)13/h2-3,6H,4-5,7,14H2,1H3. The van der Waals surface area contributed by atoms with E-state index in [0.29, 0.717) is 0 Å². The third-order valence-corrected chi connectivity index (χ3v) is 2.20. The van der Waals surface area contributed by atoms with Gasteiger partial charge in [0, 0.05) is 32.1 Å². The molecule has 3 nitrogen and oxygen atoms in total. The summed E-state index contributed by atoms with van der Waals surface area (Å²) in [6.45, 7) is 0.289. The van der Waals surface area contributed by atoms with E-state index in [9.17, 15) is 13.6 Å². The first-order valence-electron chi connectivity index (χ1n) is 4.92. The number of rotatable bonds is 4. The minimum absolute atomic E-state index is 0.0441. The summed E-state index contributed by atoms with van der Waals surface area (Å²) in [6, 6.07) is 3.17. The first kappa shape index (κ1) is 12.6. The highest BCUT2D eigenvalue weighted by Gasteiger charge is 2.11. The van der Waals surface area contributed by atoms with E-state index in [4.69, 9.17) is 5.73 Å². The molecule has 0 bridgehead atoms. The molecular weight excluding hydrogens is 214 g/mol. The molecule has 0 atom stereocenters. The molecule has 0 saturated heterocycles. The predicted octanol–water partition coefficient (Wildman–Crippen LogP) is 1.27. The molecule has 16 heavy (non-hydrogen) atoms. The summed E-state index contributed by atoms with van der Waals surface area (Å²) < 4.78 is 26.1. The fourth-order valence-corrected chi connectivity index (χ4v) is 1.32. The van der Waals surface area contributed by atoms with E-state index in [1.165, 1.54) is 11.9 Å². The monoisotopic (exact) mass is 228 g/mol. The summed E-state index contributed by atoms with van der Waals surface area (Å²) in [5.74, 6) is -1.23. The quantitative estimate of drug-likeness (QED) is 0.843. The molecule has 0 aromatic heterocycles. The number of halogens is 2. The minimum atomic E-state index is -0.520. The van der Waals surface area contributed by atoms with Crippen molar-refractivity contribution in [2.45, 2.75) is 13.0 Å². The molecule has 0 fully saturated rings. The first-order chi connectivity index (χ1) is 7.54. The number of carbonyl (C=O) groups is 1. The second-order valence-electron chi connectivity index (χ2n) is 3.52. The summed E-state index contributed by atoms with van der Waals surface area (Å²) in [7, 11) is 1.53. The molecule has 5 heteroatoms. The zero-order valence-corrected chi connectivity index (χ0v) is 9.04. The molecule has 0 saturated carbocycles. The number of carbonyl (C=O) groups excluding carboxylic acids is 1. The molecule has 88 valence electrons. The molecule has 0 aliphatic rings. The Morgan fingerprint density at radius 1 is 1.44 bits per heavy atom. The summed E-state index contributed by atoms with van der Waals surface area (Å²) in [6.07, 6.45) is 0.202. The molecular formula is C11H14F2N2O. The van der Waals surface area contributed by atoms with Gasteiger partial charge in [-0.15, -0.1) is 0 Å². The van der Waals surface area contributed by atoms with Crippen LogP contribution in [0.25, 0.3) is 0 Å². The van der Waals surface area contributed by atoms with Gasteiger partial charge in [-0.1, -0.05) is 0 Å². The van der Waals surface area contributed by atoms with Crippen molar-refractivity contribution in [3.63, 3.8) is 0 Å². The Bertz CT molecular complexity index is 382. The van der Waals surface area contributed by atoms with Crippen LogP contribution in [0.1, 0.15) is 12.0 Å². The van der Waals surface area contributed by atoms with Crippen molar-refractivity contribution in [2.75, 3.05) is 13.6 Å². The van der Waals surface area contributed by atoms with Gasteiger partial charge in [-0.3, -0.25) is 4.79 Å². The SMILES string of the molecule is CN(Cc1cc(F)ccc1F)C(=O)CCN. The smallest absolute Gasteiger partial charge is 0.223 e. The number of nitrogens with two attached hydrogens (primary N) is 1. The van der Waals surface area contributed by atoms with Gasteiger partial charge in [0.05, 0.1) is 0 Å². The second kappa shape index (κ2) is 5.55. The molecule has 0 aliphatic heterocycles. The van der Waals surface area contributed by atoms with Crippen molar-refractivity contribution in [3.8, 4) is 0 Å². The summed E-state index contributed by atoms with van der Waals surface area (Å²) in [5.41, 5.74) is 5.39. The molecule has 0 heterocycles. The van der Waals surface area contributed by atoms with Gasteiger partial charge >= 0.3 is 0 Å². The van der Waals surface area contributed by atoms with E-state index in [-0.39, 0.29) is 31.0 Å². The molecule has 1 aromatic carbocycles. The normalized spacial score (nSPS) is 10.2. The lowest BCUT2D eigenvalue weighted by molar-refractivity contribution is -0.130. The Hall–Kier alpha value is -1.49. The molecule has 0 spiro atoms. The van der Waals surface area contributed by atoms with Crippen LogP contribution >= 0.6 is 0 Å². The van der Waals surface area contributed by atoms with Crippen LogP contribution in [0.5, 0.6) is 0 Å². The number of benzene rings is 1. The van der Waals surface area contributed by atoms with Crippen molar-refractivity contribution in [2.24, 2.45) is 5.73 Å². The first-order valence-corrected chi connectivity index (χ1v) is 4.92. The summed E-state index contributed by atoms with van der Waals surface area (Å²) in [5, 5.41) is 0. The maximum absolute atomic E-state index is 13.2. The van der Waals surface area contributed by atoms with E-state index in [2.05, 4.69) is 0 Å². The number of hydrogen-bond donors (Lipinski definition) is 1. The molecule has 2 N–H and O–H groups in total. The highest BCUT2D eigenvalue weighted by molar-refractivity contribution is 5.76. The van der Waals surface area contributed by atoms with Crippen LogP contribution in [0.4, 0.5) is 8.78 Å². The van der Waals surface area contributed by atoms with E-state index in [1.807, 2.05) is 0 Å².